The molecule has 3 atom stereocenters. The molecule has 24 heavy (non-hydrogen) atoms. The van der Waals surface area contributed by atoms with Crippen LogP contribution in [0.25, 0.3) is 0 Å². The highest BCUT2D eigenvalue weighted by Gasteiger charge is 2.46. The summed E-state index contributed by atoms with van der Waals surface area (Å²) < 4.78 is 13.7. The smallest absolute Gasteiger partial charge is 0.123 e. The van der Waals surface area contributed by atoms with Gasteiger partial charge in [-0.25, -0.2) is 4.39 Å². The van der Waals surface area contributed by atoms with E-state index in [0.717, 1.165) is 30.9 Å². The third-order valence-corrected chi connectivity index (χ3v) is 5.85. The molecule has 0 bridgehead atoms. The SMILES string of the molecule is Cc1nccc(N2C[C@@H]3CN(C)[C@@H](c4cccc(F)c4)[C@@H]3C2)c1C. The average Bonchev–Trinajstić information content (AvgIpc) is 3.06. The Balaban J connectivity index is 1.62. The van der Waals surface area contributed by atoms with Crippen LogP contribution in [0.15, 0.2) is 36.5 Å². The van der Waals surface area contributed by atoms with Crippen molar-refractivity contribution in [1.82, 2.24) is 9.88 Å². The van der Waals surface area contributed by atoms with Crippen LogP contribution >= 0.6 is 0 Å². The predicted octanol–water partition coefficient (Wildman–Crippen LogP) is 3.58. The van der Waals surface area contributed by atoms with Gasteiger partial charge in [0.05, 0.1) is 0 Å². The van der Waals surface area contributed by atoms with Crippen molar-refractivity contribution in [2.45, 2.75) is 19.9 Å². The molecule has 1 aromatic heterocycles. The molecule has 0 aliphatic carbocycles. The summed E-state index contributed by atoms with van der Waals surface area (Å²) in [5.41, 5.74) is 4.78. The molecule has 2 aliphatic rings. The summed E-state index contributed by atoms with van der Waals surface area (Å²) in [5.74, 6) is 1.04. The van der Waals surface area contributed by atoms with Crippen LogP contribution < -0.4 is 4.90 Å². The van der Waals surface area contributed by atoms with Crippen LogP contribution in [0.4, 0.5) is 10.1 Å². The van der Waals surface area contributed by atoms with Crippen LogP contribution in [0.2, 0.25) is 0 Å². The Morgan fingerprint density at radius 3 is 2.75 bits per heavy atom. The first kappa shape index (κ1) is 15.6. The van der Waals surface area contributed by atoms with Crippen LogP contribution in [0, 0.1) is 31.5 Å². The molecule has 0 radical (unpaired) electrons. The number of benzene rings is 1. The molecule has 4 rings (SSSR count). The highest BCUT2D eigenvalue weighted by Crippen LogP contribution is 2.45. The minimum Gasteiger partial charge on any atom is -0.371 e. The van der Waals surface area contributed by atoms with Gasteiger partial charge in [0.15, 0.2) is 0 Å². The van der Waals surface area contributed by atoms with E-state index in [1.54, 1.807) is 6.07 Å². The molecule has 2 aromatic rings. The molecular formula is C20H24FN3. The summed E-state index contributed by atoms with van der Waals surface area (Å²) in [4.78, 5) is 9.28. The molecule has 4 heteroatoms. The molecule has 0 N–H and O–H groups in total. The Hall–Kier alpha value is -1.94. The number of likely N-dealkylation sites (tertiary alicyclic amines) is 1. The normalized spacial score (nSPS) is 26.8. The highest BCUT2D eigenvalue weighted by molar-refractivity contribution is 5.55. The van der Waals surface area contributed by atoms with Crippen molar-refractivity contribution in [1.29, 1.82) is 0 Å². The summed E-state index contributed by atoms with van der Waals surface area (Å²) in [6, 6.07) is 9.56. The maximum Gasteiger partial charge on any atom is 0.123 e. The van der Waals surface area contributed by atoms with E-state index in [0.29, 0.717) is 17.9 Å². The molecular weight excluding hydrogens is 301 g/mol. The van der Waals surface area contributed by atoms with Crippen molar-refractivity contribution < 1.29 is 4.39 Å². The van der Waals surface area contributed by atoms with Crippen molar-refractivity contribution in [2.24, 2.45) is 11.8 Å². The quantitative estimate of drug-likeness (QED) is 0.841. The van der Waals surface area contributed by atoms with Gasteiger partial charge in [0, 0.05) is 49.2 Å². The van der Waals surface area contributed by atoms with E-state index in [2.05, 4.69) is 47.8 Å². The number of rotatable bonds is 2. The topological polar surface area (TPSA) is 19.4 Å². The van der Waals surface area contributed by atoms with Crippen LogP contribution in [0.3, 0.4) is 0 Å². The maximum atomic E-state index is 13.7. The minimum absolute atomic E-state index is 0.139. The van der Waals surface area contributed by atoms with Crippen LogP contribution in [-0.2, 0) is 0 Å². The van der Waals surface area contributed by atoms with Gasteiger partial charge in [0.2, 0.25) is 0 Å². The molecule has 2 aliphatic heterocycles. The number of halogens is 1. The van der Waals surface area contributed by atoms with Crippen molar-refractivity contribution in [3.05, 3.63) is 59.2 Å². The van der Waals surface area contributed by atoms with E-state index in [1.807, 2.05) is 12.3 Å². The lowest BCUT2D eigenvalue weighted by Gasteiger charge is -2.28. The standard InChI is InChI=1S/C20H24FN3/c1-13-14(2)22-8-7-19(13)24-11-16-10-23(3)20(18(16)12-24)15-5-4-6-17(21)9-15/h4-9,16,18,20H,10-12H2,1-3H3/t16-,18+,20-/m0/s1. The van der Waals surface area contributed by atoms with Crippen molar-refractivity contribution in [3.8, 4) is 0 Å². The van der Waals surface area contributed by atoms with E-state index in [-0.39, 0.29) is 5.82 Å². The summed E-state index contributed by atoms with van der Waals surface area (Å²) in [6.07, 6.45) is 1.90. The van der Waals surface area contributed by atoms with E-state index in [9.17, 15) is 4.39 Å². The maximum absolute atomic E-state index is 13.7. The number of aryl methyl sites for hydroxylation is 1. The Morgan fingerprint density at radius 1 is 1.12 bits per heavy atom. The molecule has 3 heterocycles. The monoisotopic (exact) mass is 325 g/mol. The summed E-state index contributed by atoms with van der Waals surface area (Å²) in [5, 5.41) is 0. The third-order valence-electron chi connectivity index (χ3n) is 5.85. The number of fused-ring (bicyclic) bond motifs is 1. The molecule has 3 nitrogen and oxygen atoms in total. The van der Waals surface area contributed by atoms with Crippen molar-refractivity contribution in [2.75, 3.05) is 31.6 Å². The van der Waals surface area contributed by atoms with Gasteiger partial charge in [-0.2, -0.15) is 0 Å². The molecule has 0 unspecified atom stereocenters. The van der Waals surface area contributed by atoms with Crippen molar-refractivity contribution >= 4 is 5.69 Å². The van der Waals surface area contributed by atoms with E-state index in [1.165, 1.54) is 17.3 Å². The average molecular weight is 325 g/mol. The first-order valence-corrected chi connectivity index (χ1v) is 8.67. The molecule has 126 valence electrons. The third kappa shape index (κ3) is 2.49. The van der Waals surface area contributed by atoms with Gasteiger partial charge in [-0.1, -0.05) is 12.1 Å². The number of hydrogen-bond donors (Lipinski definition) is 0. The summed E-state index contributed by atoms with van der Waals surface area (Å²) >= 11 is 0. The number of aromatic nitrogens is 1. The molecule has 2 fully saturated rings. The fourth-order valence-corrected chi connectivity index (χ4v) is 4.62. The summed E-state index contributed by atoms with van der Waals surface area (Å²) in [6.45, 7) is 7.40. The van der Waals surface area contributed by atoms with Gasteiger partial charge in [-0.15, -0.1) is 0 Å². The zero-order valence-corrected chi connectivity index (χ0v) is 14.5. The second-order valence-corrected chi connectivity index (χ2v) is 7.31. The number of anilines is 1. The van der Waals surface area contributed by atoms with Gasteiger partial charge in [-0.3, -0.25) is 9.88 Å². The molecule has 1 aromatic carbocycles. The molecule has 0 amide bonds. The number of hydrogen-bond acceptors (Lipinski definition) is 3. The highest BCUT2D eigenvalue weighted by atomic mass is 19.1. The van der Waals surface area contributed by atoms with Gasteiger partial charge < -0.3 is 4.90 Å². The van der Waals surface area contributed by atoms with E-state index < -0.39 is 0 Å². The van der Waals surface area contributed by atoms with E-state index >= 15 is 0 Å². The number of nitrogens with zero attached hydrogens (tertiary/aromatic N) is 3. The van der Waals surface area contributed by atoms with Crippen molar-refractivity contribution in [3.63, 3.8) is 0 Å². The largest absolute Gasteiger partial charge is 0.371 e. The molecule has 0 saturated carbocycles. The van der Waals surface area contributed by atoms with Crippen LogP contribution in [0.1, 0.15) is 22.9 Å². The zero-order valence-electron chi connectivity index (χ0n) is 14.5. The number of pyridine rings is 1. The van der Waals surface area contributed by atoms with Crippen LogP contribution in [0.5, 0.6) is 0 Å². The van der Waals surface area contributed by atoms with E-state index in [4.69, 9.17) is 0 Å². The summed E-state index contributed by atoms with van der Waals surface area (Å²) in [7, 11) is 2.17. The zero-order chi connectivity index (χ0) is 16.8. The lowest BCUT2D eigenvalue weighted by atomic mass is 9.89. The molecule has 2 saturated heterocycles. The predicted molar refractivity (Wildman–Crippen MR) is 94.7 cm³/mol. The van der Waals surface area contributed by atoms with Crippen LogP contribution in [-0.4, -0.2) is 36.6 Å². The minimum atomic E-state index is -0.139. The van der Waals surface area contributed by atoms with Gasteiger partial charge >= 0.3 is 0 Å². The Kier molecular flexibility index (Phi) is 3.80. The first-order chi connectivity index (χ1) is 11.5. The lowest BCUT2D eigenvalue weighted by Crippen LogP contribution is -2.29. The Labute approximate surface area is 143 Å². The fraction of sp³-hybridized carbons (Fsp3) is 0.450. The Morgan fingerprint density at radius 2 is 1.96 bits per heavy atom. The lowest BCUT2D eigenvalue weighted by molar-refractivity contribution is 0.279. The second kappa shape index (κ2) is 5.85. The second-order valence-electron chi connectivity index (χ2n) is 7.31. The van der Waals surface area contributed by atoms with Gasteiger partial charge in [0.1, 0.15) is 5.82 Å². The Bertz CT molecular complexity index is 760. The van der Waals surface area contributed by atoms with Gasteiger partial charge in [-0.05, 0) is 56.1 Å². The first-order valence-electron chi connectivity index (χ1n) is 8.67. The fourth-order valence-electron chi connectivity index (χ4n) is 4.62. The van der Waals surface area contributed by atoms with Gasteiger partial charge in [0.25, 0.3) is 0 Å². The molecule has 0 spiro atoms.